The highest BCUT2D eigenvalue weighted by Crippen LogP contribution is 2.35. The molecule has 1 aliphatic heterocycles. The molecular weight excluding hydrogens is 454 g/mol. The van der Waals surface area contributed by atoms with Crippen LogP contribution >= 0.6 is 11.3 Å². The maximum absolute atomic E-state index is 14.0. The lowest BCUT2D eigenvalue weighted by molar-refractivity contribution is -0.124. The van der Waals surface area contributed by atoms with Crippen molar-refractivity contribution in [1.82, 2.24) is 4.98 Å². The van der Waals surface area contributed by atoms with Crippen LogP contribution in [0.1, 0.15) is 34.2 Å². The molecule has 178 valence electrons. The molecule has 1 saturated heterocycles. The zero-order valence-electron chi connectivity index (χ0n) is 20.5. The number of hydrogen-bond acceptors (Lipinski definition) is 4. The number of carbonyl (C=O) groups is 2. The van der Waals surface area contributed by atoms with Crippen molar-refractivity contribution >= 4 is 44.2 Å². The van der Waals surface area contributed by atoms with E-state index in [4.69, 9.17) is 4.98 Å². The third-order valence-electron chi connectivity index (χ3n) is 6.84. The molecule has 0 unspecified atom stereocenters. The van der Waals surface area contributed by atoms with E-state index in [1.807, 2.05) is 62.4 Å². The molecule has 1 aliphatic rings. The van der Waals surface area contributed by atoms with Gasteiger partial charge >= 0.3 is 0 Å². The first-order valence-electron chi connectivity index (χ1n) is 11.9. The normalized spacial score (nSPS) is 15.7. The Morgan fingerprint density at radius 2 is 1.80 bits per heavy atom. The minimum absolute atomic E-state index is 0.00696. The van der Waals surface area contributed by atoms with Crippen LogP contribution in [0.3, 0.4) is 0 Å². The molecule has 0 aliphatic carbocycles. The Labute approximate surface area is 210 Å². The lowest BCUT2D eigenvalue weighted by Crippen LogP contribution is -2.37. The molecule has 1 fully saturated rings. The molecule has 5 rings (SSSR count). The van der Waals surface area contributed by atoms with Gasteiger partial charge in [0.2, 0.25) is 11.8 Å². The van der Waals surface area contributed by atoms with Crippen molar-refractivity contribution in [3.8, 4) is 0 Å². The summed E-state index contributed by atoms with van der Waals surface area (Å²) in [7, 11) is 0. The summed E-state index contributed by atoms with van der Waals surface area (Å²) in [5.74, 6) is -0.475. The maximum Gasteiger partial charge on any atom is 0.234 e. The summed E-state index contributed by atoms with van der Waals surface area (Å²) in [5, 5.41) is 0.681. The van der Waals surface area contributed by atoms with E-state index in [1.54, 1.807) is 9.80 Å². The van der Waals surface area contributed by atoms with Gasteiger partial charge in [-0.05, 0) is 67.6 Å². The van der Waals surface area contributed by atoms with Crippen LogP contribution in [0.25, 0.3) is 10.2 Å². The molecule has 0 bridgehead atoms. The van der Waals surface area contributed by atoms with Crippen LogP contribution < -0.4 is 9.80 Å². The Morgan fingerprint density at radius 1 is 1.03 bits per heavy atom. The highest BCUT2D eigenvalue weighted by molar-refractivity contribution is 7.22. The largest absolute Gasteiger partial charge is 0.311 e. The average molecular weight is 484 g/mol. The molecule has 4 aromatic rings. The van der Waals surface area contributed by atoms with Gasteiger partial charge in [0.1, 0.15) is 0 Å². The number of thiazole rings is 1. The first-order valence-corrected chi connectivity index (χ1v) is 12.7. The van der Waals surface area contributed by atoms with E-state index in [9.17, 15) is 9.59 Å². The van der Waals surface area contributed by atoms with E-state index in [1.165, 1.54) is 16.9 Å². The van der Waals surface area contributed by atoms with Crippen molar-refractivity contribution in [1.29, 1.82) is 0 Å². The molecule has 1 aromatic heterocycles. The minimum Gasteiger partial charge on any atom is -0.311 e. The first-order chi connectivity index (χ1) is 16.8. The number of rotatable bonds is 5. The Balaban J connectivity index is 1.49. The Hall–Kier alpha value is -3.51. The van der Waals surface area contributed by atoms with Gasteiger partial charge in [-0.2, -0.15) is 0 Å². The molecule has 0 saturated carbocycles. The van der Waals surface area contributed by atoms with Crippen molar-refractivity contribution in [3.05, 3.63) is 88.5 Å². The smallest absolute Gasteiger partial charge is 0.234 e. The Morgan fingerprint density at radius 3 is 2.57 bits per heavy atom. The predicted molar refractivity (Wildman–Crippen MR) is 143 cm³/mol. The van der Waals surface area contributed by atoms with Crippen LogP contribution in [0.5, 0.6) is 0 Å². The fourth-order valence-electron chi connectivity index (χ4n) is 4.83. The number of fused-ring (bicyclic) bond motifs is 1. The van der Waals surface area contributed by atoms with Crippen LogP contribution in [-0.2, 0) is 16.1 Å². The third-order valence-corrected chi connectivity index (χ3v) is 7.87. The molecule has 35 heavy (non-hydrogen) atoms. The lowest BCUT2D eigenvalue weighted by atomic mass is 10.1. The SMILES string of the molecule is Cc1cc(C)c2nc(N(Cc3ccccc3)C(=O)[C@H]3CC(=O)N(c4cccc(C)c4C)C3)sc2c1. The topological polar surface area (TPSA) is 53.5 Å². The molecule has 5 nitrogen and oxygen atoms in total. The van der Waals surface area contributed by atoms with Crippen molar-refractivity contribution in [3.63, 3.8) is 0 Å². The van der Waals surface area contributed by atoms with E-state index in [0.29, 0.717) is 18.2 Å². The predicted octanol–water partition coefficient (Wildman–Crippen LogP) is 6.12. The van der Waals surface area contributed by atoms with Gasteiger partial charge in [0.25, 0.3) is 0 Å². The molecule has 6 heteroatoms. The summed E-state index contributed by atoms with van der Waals surface area (Å²) in [6.07, 6.45) is 0.209. The van der Waals surface area contributed by atoms with Crippen molar-refractivity contribution in [2.75, 3.05) is 16.3 Å². The van der Waals surface area contributed by atoms with Crippen LogP contribution in [0.2, 0.25) is 0 Å². The van der Waals surface area contributed by atoms with Crippen LogP contribution in [0.4, 0.5) is 10.8 Å². The van der Waals surface area contributed by atoms with Gasteiger partial charge in [0, 0.05) is 18.7 Å². The quantitative estimate of drug-likeness (QED) is 0.344. The van der Waals surface area contributed by atoms with Crippen molar-refractivity contribution in [2.45, 2.75) is 40.7 Å². The zero-order valence-corrected chi connectivity index (χ0v) is 21.4. The number of amides is 2. The van der Waals surface area contributed by atoms with Gasteiger partial charge in [-0.25, -0.2) is 4.98 Å². The summed E-state index contributed by atoms with van der Waals surface area (Å²) in [6.45, 7) is 9.01. The molecule has 0 spiro atoms. The van der Waals surface area contributed by atoms with E-state index in [0.717, 1.165) is 38.2 Å². The van der Waals surface area contributed by atoms with E-state index in [-0.39, 0.29) is 18.2 Å². The standard InChI is InChI=1S/C29H29N3O2S/c1-18-13-20(3)27-25(14-18)35-29(30-27)32(16-22-10-6-5-7-11-22)28(34)23-15-26(33)31(17-23)24-12-8-9-19(2)21(24)4/h5-14,23H,15-17H2,1-4H3/t23-/m0/s1. The summed E-state index contributed by atoms with van der Waals surface area (Å²) < 4.78 is 1.07. The summed E-state index contributed by atoms with van der Waals surface area (Å²) in [5.41, 5.74) is 7.35. The number of anilines is 2. The van der Waals surface area contributed by atoms with Crippen molar-refractivity contribution in [2.24, 2.45) is 5.92 Å². The van der Waals surface area contributed by atoms with Gasteiger partial charge in [0.15, 0.2) is 5.13 Å². The zero-order chi connectivity index (χ0) is 24.7. The lowest BCUT2D eigenvalue weighted by Gasteiger charge is -2.24. The van der Waals surface area contributed by atoms with E-state index in [2.05, 4.69) is 26.0 Å². The van der Waals surface area contributed by atoms with Crippen LogP contribution in [0.15, 0.2) is 60.7 Å². The molecule has 0 radical (unpaired) electrons. The summed E-state index contributed by atoms with van der Waals surface area (Å²) >= 11 is 1.54. The molecular formula is C29H29N3O2S. The van der Waals surface area contributed by atoms with Gasteiger partial charge in [-0.3, -0.25) is 14.5 Å². The van der Waals surface area contributed by atoms with Crippen LogP contribution in [-0.4, -0.2) is 23.3 Å². The van der Waals surface area contributed by atoms with E-state index < -0.39 is 5.92 Å². The molecule has 3 aromatic carbocycles. The summed E-state index contributed by atoms with van der Waals surface area (Å²) in [4.78, 5) is 35.4. The van der Waals surface area contributed by atoms with E-state index >= 15 is 0 Å². The fraction of sp³-hybridized carbons (Fsp3) is 0.276. The number of hydrogen-bond donors (Lipinski definition) is 0. The third kappa shape index (κ3) is 4.46. The fourth-order valence-corrected chi connectivity index (χ4v) is 5.98. The molecule has 1 atom stereocenters. The van der Waals surface area contributed by atoms with Gasteiger partial charge in [-0.1, -0.05) is 59.9 Å². The molecule has 2 amide bonds. The highest BCUT2D eigenvalue weighted by Gasteiger charge is 2.39. The number of aromatic nitrogens is 1. The number of benzene rings is 3. The second-order valence-electron chi connectivity index (χ2n) is 9.46. The van der Waals surface area contributed by atoms with Crippen LogP contribution in [0, 0.1) is 33.6 Å². The number of aryl methyl sites for hydroxylation is 3. The number of nitrogens with zero attached hydrogens (tertiary/aromatic N) is 3. The average Bonchev–Trinajstić information content (AvgIpc) is 3.43. The van der Waals surface area contributed by atoms with Gasteiger partial charge < -0.3 is 4.90 Å². The van der Waals surface area contributed by atoms with Gasteiger partial charge in [0.05, 0.1) is 22.7 Å². The van der Waals surface area contributed by atoms with Crippen molar-refractivity contribution < 1.29 is 9.59 Å². The second-order valence-corrected chi connectivity index (χ2v) is 10.5. The Bertz CT molecular complexity index is 1430. The first kappa shape index (κ1) is 23.2. The molecule has 0 N–H and O–H groups in total. The monoisotopic (exact) mass is 483 g/mol. The Kier molecular flexibility index (Phi) is 6.15. The molecule has 2 heterocycles. The second kappa shape index (κ2) is 9.27. The number of carbonyl (C=O) groups excluding carboxylic acids is 2. The summed E-state index contributed by atoms with van der Waals surface area (Å²) in [6, 6.07) is 20.2. The highest BCUT2D eigenvalue weighted by atomic mass is 32.1. The van der Waals surface area contributed by atoms with Gasteiger partial charge in [-0.15, -0.1) is 0 Å². The maximum atomic E-state index is 14.0. The minimum atomic E-state index is -0.416.